The van der Waals surface area contributed by atoms with Crippen molar-refractivity contribution in [1.29, 1.82) is 0 Å². The molecule has 136 valence electrons. The quantitative estimate of drug-likeness (QED) is 0.332. The van der Waals surface area contributed by atoms with Gasteiger partial charge in [-0.3, -0.25) is 4.79 Å². The maximum Gasteiger partial charge on any atom is 0.303 e. The van der Waals surface area contributed by atoms with Crippen LogP contribution in [0.4, 0.5) is 0 Å². The van der Waals surface area contributed by atoms with Crippen LogP contribution >= 0.6 is 11.8 Å². The SMILES string of the molecule is CCCCCCCCCCC1CCC(CCCCCC(=O)O)S1. The van der Waals surface area contributed by atoms with Crippen molar-refractivity contribution in [2.45, 2.75) is 120 Å². The van der Waals surface area contributed by atoms with Gasteiger partial charge in [-0.05, 0) is 32.1 Å². The van der Waals surface area contributed by atoms with Crippen molar-refractivity contribution in [2.24, 2.45) is 0 Å². The zero-order valence-electron chi connectivity index (χ0n) is 15.2. The Balaban J connectivity index is 1.87. The average molecular weight is 343 g/mol. The maximum atomic E-state index is 10.5. The minimum Gasteiger partial charge on any atom is -0.481 e. The second-order valence-electron chi connectivity index (χ2n) is 7.21. The molecular weight excluding hydrogens is 304 g/mol. The smallest absolute Gasteiger partial charge is 0.303 e. The molecule has 0 amide bonds. The summed E-state index contributed by atoms with van der Waals surface area (Å²) >= 11 is 2.23. The highest BCUT2D eigenvalue weighted by Crippen LogP contribution is 2.39. The second kappa shape index (κ2) is 14.2. The Morgan fingerprint density at radius 1 is 0.826 bits per heavy atom. The zero-order valence-corrected chi connectivity index (χ0v) is 16.0. The second-order valence-corrected chi connectivity index (χ2v) is 8.82. The molecule has 1 fully saturated rings. The lowest BCUT2D eigenvalue weighted by molar-refractivity contribution is -0.137. The number of carbonyl (C=O) groups is 1. The third-order valence-electron chi connectivity index (χ3n) is 4.99. The standard InChI is InChI=1S/C20H38O2S/c1-2-3-4-5-6-7-8-10-13-18-16-17-19(23-18)14-11-9-12-15-20(21)22/h18-19H,2-17H2,1H3,(H,21,22). The zero-order chi connectivity index (χ0) is 16.8. The van der Waals surface area contributed by atoms with Crippen LogP contribution < -0.4 is 0 Å². The molecule has 0 aliphatic carbocycles. The van der Waals surface area contributed by atoms with Gasteiger partial charge in [-0.15, -0.1) is 0 Å². The van der Waals surface area contributed by atoms with Gasteiger partial charge in [-0.1, -0.05) is 71.1 Å². The molecule has 0 radical (unpaired) electrons. The summed E-state index contributed by atoms with van der Waals surface area (Å²) in [5.74, 6) is -0.648. The first kappa shape index (κ1) is 20.9. The van der Waals surface area contributed by atoms with Gasteiger partial charge >= 0.3 is 5.97 Å². The van der Waals surface area contributed by atoms with Crippen molar-refractivity contribution < 1.29 is 9.90 Å². The van der Waals surface area contributed by atoms with Crippen molar-refractivity contribution in [1.82, 2.24) is 0 Å². The molecule has 2 atom stereocenters. The molecule has 0 aromatic carbocycles. The lowest BCUT2D eigenvalue weighted by Gasteiger charge is -2.11. The molecule has 0 aromatic rings. The van der Waals surface area contributed by atoms with Gasteiger partial charge in [0, 0.05) is 16.9 Å². The largest absolute Gasteiger partial charge is 0.481 e. The number of unbranched alkanes of at least 4 members (excludes halogenated alkanes) is 9. The highest BCUT2D eigenvalue weighted by atomic mass is 32.2. The highest BCUT2D eigenvalue weighted by Gasteiger charge is 2.24. The molecule has 3 heteroatoms. The Labute approximate surface area is 148 Å². The van der Waals surface area contributed by atoms with Crippen molar-refractivity contribution in [2.75, 3.05) is 0 Å². The third kappa shape index (κ3) is 11.9. The van der Waals surface area contributed by atoms with Crippen LogP contribution in [0.2, 0.25) is 0 Å². The minimum absolute atomic E-state index is 0.346. The first-order valence-corrected chi connectivity index (χ1v) is 11.0. The van der Waals surface area contributed by atoms with Crippen LogP contribution in [0.1, 0.15) is 110 Å². The monoisotopic (exact) mass is 342 g/mol. The lowest BCUT2D eigenvalue weighted by Crippen LogP contribution is -1.99. The van der Waals surface area contributed by atoms with Gasteiger partial charge < -0.3 is 5.11 Å². The Morgan fingerprint density at radius 3 is 1.83 bits per heavy atom. The van der Waals surface area contributed by atoms with E-state index in [4.69, 9.17) is 5.11 Å². The van der Waals surface area contributed by atoms with E-state index in [2.05, 4.69) is 18.7 Å². The predicted octanol–water partition coefficient (Wildman–Crippen LogP) is 6.82. The first-order chi connectivity index (χ1) is 11.2. The summed E-state index contributed by atoms with van der Waals surface area (Å²) < 4.78 is 0. The topological polar surface area (TPSA) is 37.3 Å². The van der Waals surface area contributed by atoms with E-state index in [1.165, 1.54) is 83.5 Å². The fourth-order valence-corrected chi connectivity index (χ4v) is 5.23. The van der Waals surface area contributed by atoms with Gasteiger partial charge in [0.25, 0.3) is 0 Å². The van der Waals surface area contributed by atoms with Crippen LogP contribution in [0.25, 0.3) is 0 Å². The van der Waals surface area contributed by atoms with E-state index in [0.29, 0.717) is 6.42 Å². The number of carboxylic acid groups (broad SMARTS) is 1. The molecule has 0 aromatic heterocycles. The molecule has 1 heterocycles. The molecule has 0 bridgehead atoms. The lowest BCUT2D eigenvalue weighted by atomic mass is 10.0. The van der Waals surface area contributed by atoms with E-state index >= 15 is 0 Å². The summed E-state index contributed by atoms with van der Waals surface area (Å²) in [5, 5.41) is 10.4. The van der Waals surface area contributed by atoms with Gasteiger partial charge in [-0.2, -0.15) is 11.8 Å². The Hall–Kier alpha value is -0.180. The number of hydrogen-bond donors (Lipinski definition) is 1. The summed E-state index contributed by atoms with van der Waals surface area (Å²) in [6.07, 6.45) is 20.4. The predicted molar refractivity (Wildman–Crippen MR) is 102 cm³/mol. The average Bonchev–Trinajstić information content (AvgIpc) is 2.97. The molecule has 0 spiro atoms. The van der Waals surface area contributed by atoms with E-state index in [1.54, 1.807) is 0 Å². The molecular formula is C20H38O2S. The Kier molecular flexibility index (Phi) is 12.9. The molecule has 1 saturated heterocycles. The fraction of sp³-hybridized carbons (Fsp3) is 0.950. The van der Waals surface area contributed by atoms with E-state index in [0.717, 1.165) is 23.3 Å². The normalized spacial score (nSPS) is 20.9. The molecule has 1 aliphatic rings. The van der Waals surface area contributed by atoms with Gasteiger partial charge in [-0.25, -0.2) is 0 Å². The maximum absolute atomic E-state index is 10.5. The van der Waals surface area contributed by atoms with Crippen LogP contribution in [-0.4, -0.2) is 21.6 Å². The van der Waals surface area contributed by atoms with E-state index in [9.17, 15) is 4.79 Å². The Morgan fingerprint density at radius 2 is 1.30 bits per heavy atom. The van der Waals surface area contributed by atoms with Gasteiger partial charge in [0.1, 0.15) is 0 Å². The van der Waals surface area contributed by atoms with Gasteiger partial charge in [0.2, 0.25) is 0 Å². The van der Waals surface area contributed by atoms with Gasteiger partial charge in [0.05, 0.1) is 0 Å². The van der Waals surface area contributed by atoms with Crippen molar-refractivity contribution >= 4 is 17.7 Å². The number of carboxylic acids is 1. The number of hydrogen-bond acceptors (Lipinski definition) is 2. The molecule has 23 heavy (non-hydrogen) atoms. The van der Waals surface area contributed by atoms with E-state index in [-0.39, 0.29) is 0 Å². The summed E-state index contributed by atoms with van der Waals surface area (Å²) in [5.41, 5.74) is 0. The van der Waals surface area contributed by atoms with Crippen LogP contribution in [0.15, 0.2) is 0 Å². The Bertz CT molecular complexity index is 293. The number of aliphatic carboxylic acids is 1. The molecule has 2 nitrogen and oxygen atoms in total. The van der Waals surface area contributed by atoms with E-state index < -0.39 is 5.97 Å². The molecule has 0 saturated carbocycles. The van der Waals surface area contributed by atoms with Crippen molar-refractivity contribution in [3.63, 3.8) is 0 Å². The van der Waals surface area contributed by atoms with Crippen LogP contribution in [0.3, 0.4) is 0 Å². The fourth-order valence-electron chi connectivity index (χ4n) is 3.54. The third-order valence-corrected chi connectivity index (χ3v) is 6.70. The van der Waals surface area contributed by atoms with Crippen LogP contribution in [0.5, 0.6) is 0 Å². The molecule has 1 rings (SSSR count). The van der Waals surface area contributed by atoms with E-state index in [1.807, 2.05) is 0 Å². The van der Waals surface area contributed by atoms with Crippen molar-refractivity contribution in [3.8, 4) is 0 Å². The number of thioether (sulfide) groups is 1. The highest BCUT2D eigenvalue weighted by molar-refractivity contribution is 8.00. The molecule has 2 unspecified atom stereocenters. The van der Waals surface area contributed by atoms with Crippen LogP contribution in [-0.2, 0) is 4.79 Å². The van der Waals surface area contributed by atoms with Crippen LogP contribution in [0, 0.1) is 0 Å². The molecule has 1 N–H and O–H groups in total. The first-order valence-electron chi connectivity index (χ1n) is 10.1. The molecule has 1 aliphatic heterocycles. The van der Waals surface area contributed by atoms with Crippen molar-refractivity contribution in [3.05, 3.63) is 0 Å². The number of rotatable bonds is 15. The summed E-state index contributed by atoms with van der Waals surface area (Å²) in [6, 6.07) is 0. The summed E-state index contributed by atoms with van der Waals surface area (Å²) in [7, 11) is 0. The summed E-state index contributed by atoms with van der Waals surface area (Å²) in [6.45, 7) is 2.28. The van der Waals surface area contributed by atoms with Gasteiger partial charge in [0.15, 0.2) is 0 Å². The summed E-state index contributed by atoms with van der Waals surface area (Å²) in [4.78, 5) is 10.5. The minimum atomic E-state index is -0.648.